The fraction of sp³-hybridized carbons (Fsp3) is 0.500. The second-order valence-corrected chi connectivity index (χ2v) is 4.34. The van der Waals surface area contributed by atoms with Crippen LogP contribution in [0.25, 0.3) is 0 Å². The third-order valence-corrected chi connectivity index (χ3v) is 3.41. The third kappa shape index (κ3) is 1.11. The number of rotatable bonds is 2. The molecule has 0 radical (unpaired) electrons. The topological polar surface area (TPSA) is 20.2 Å². The highest BCUT2D eigenvalue weighted by Crippen LogP contribution is 2.45. The molecule has 1 aromatic rings. The van der Waals surface area contributed by atoms with Gasteiger partial charge in [-0.1, -0.05) is 24.3 Å². The molecule has 3 rings (SSSR count). The summed E-state index contributed by atoms with van der Waals surface area (Å²) < 4.78 is 0. The first-order valence-corrected chi connectivity index (χ1v) is 5.12. The molecular formula is C12H14O. The Balaban J connectivity index is 1.83. The van der Waals surface area contributed by atoms with Gasteiger partial charge in [-0.15, -0.1) is 0 Å². The number of hydrogen-bond acceptors (Lipinski definition) is 1. The average Bonchev–Trinajstić information content (AvgIpc) is 2.89. The first-order chi connectivity index (χ1) is 6.36. The maximum atomic E-state index is 9.96. The van der Waals surface area contributed by atoms with E-state index in [1.54, 1.807) is 0 Å². The largest absolute Gasteiger partial charge is 0.392 e. The van der Waals surface area contributed by atoms with E-state index in [0.29, 0.717) is 11.8 Å². The molecule has 0 aliphatic heterocycles. The summed E-state index contributed by atoms with van der Waals surface area (Å²) in [6.45, 7) is 0. The molecule has 1 heteroatoms. The Morgan fingerprint density at radius 2 is 2.00 bits per heavy atom. The first kappa shape index (κ1) is 7.57. The van der Waals surface area contributed by atoms with Crippen LogP contribution in [0.2, 0.25) is 0 Å². The summed E-state index contributed by atoms with van der Waals surface area (Å²) in [6, 6.07) is 8.49. The lowest BCUT2D eigenvalue weighted by molar-refractivity contribution is 0.111. The minimum atomic E-state index is -0.0603. The molecule has 0 bridgehead atoms. The molecule has 0 aromatic heterocycles. The summed E-state index contributed by atoms with van der Waals surface area (Å²) in [5.74, 6) is 1.06. The number of aliphatic hydroxyl groups excluding tert-OH is 1. The average molecular weight is 174 g/mol. The lowest BCUT2D eigenvalue weighted by atomic mass is 9.73. The minimum absolute atomic E-state index is 0.0603. The van der Waals surface area contributed by atoms with Crippen LogP contribution in [0.4, 0.5) is 0 Å². The van der Waals surface area contributed by atoms with Gasteiger partial charge in [-0.3, -0.25) is 0 Å². The van der Waals surface area contributed by atoms with Crippen LogP contribution in [0.5, 0.6) is 0 Å². The molecule has 1 saturated carbocycles. The van der Waals surface area contributed by atoms with E-state index in [2.05, 4.69) is 24.3 Å². The van der Waals surface area contributed by atoms with Gasteiger partial charge in [0.1, 0.15) is 0 Å². The Hall–Kier alpha value is -0.820. The molecule has 0 amide bonds. The van der Waals surface area contributed by atoms with Crippen LogP contribution >= 0.6 is 0 Å². The van der Waals surface area contributed by atoms with Crippen molar-refractivity contribution in [2.24, 2.45) is 5.92 Å². The van der Waals surface area contributed by atoms with Crippen molar-refractivity contribution in [1.82, 2.24) is 0 Å². The van der Waals surface area contributed by atoms with Crippen LogP contribution in [-0.4, -0.2) is 11.2 Å². The lowest BCUT2D eigenvalue weighted by Crippen LogP contribution is -2.30. The lowest BCUT2D eigenvalue weighted by Gasteiger charge is -2.34. The Morgan fingerprint density at radius 1 is 1.23 bits per heavy atom. The highest BCUT2D eigenvalue weighted by atomic mass is 16.3. The maximum Gasteiger partial charge on any atom is 0.0640 e. The van der Waals surface area contributed by atoms with Crippen LogP contribution in [0, 0.1) is 5.92 Å². The van der Waals surface area contributed by atoms with Crippen molar-refractivity contribution in [3.63, 3.8) is 0 Å². The Labute approximate surface area is 78.4 Å². The van der Waals surface area contributed by atoms with Crippen LogP contribution in [0.3, 0.4) is 0 Å². The van der Waals surface area contributed by atoms with Gasteiger partial charge in [-0.25, -0.2) is 0 Å². The molecule has 2 atom stereocenters. The smallest absolute Gasteiger partial charge is 0.0640 e. The summed E-state index contributed by atoms with van der Waals surface area (Å²) >= 11 is 0. The van der Waals surface area contributed by atoms with Crippen molar-refractivity contribution in [3.05, 3.63) is 35.4 Å². The summed E-state index contributed by atoms with van der Waals surface area (Å²) in [4.78, 5) is 0. The van der Waals surface area contributed by atoms with Gasteiger partial charge >= 0.3 is 0 Å². The standard InChI is InChI=1S/C12H14O/c13-12(8-5-6-8)11-7-9-3-1-2-4-10(9)11/h1-4,8,11-13H,5-7H2. The van der Waals surface area contributed by atoms with Crippen molar-refractivity contribution >= 4 is 0 Å². The molecule has 13 heavy (non-hydrogen) atoms. The highest BCUT2D eigenvalue weighted by Gasteiger charge is 2.40. The second-order valence-electron chi connectivity index (χ2n) is 4.34. The quantitative estimate of drug-likeness (QED) is 0.728. The summed E-state index contributed by atoms with van der Waals surface area (Å²) in [5, 5.41) is 9.96. The zero-order chi connectivity index (χ0) is 8.84. The van der Waals surface area contributed by atoms with Gasteiger partial charge in [-0.2, -0.15) is 0 Å². The number of benzene rings is 1. The van der Waals surface area contributed by atoms with Gasteiger partial charge in [0.2, 0.25) is 0 Å². The summed E-state index contributed by atoms with van der Waals surface area (Å²) in [7, 11) is 0. The Kier molecular flexibility index (Phi) is 1.50. The molecule has 0 heterocycles. The van der Waals surface area contributed by atoms with Gasteiger partial charge in [0.25, 0.3) is 0 Å². The van der Waals surface area contributed by atoms with E-state index in [-0.39, 0.29) is 6.10 Å². The molecule has 0 saturated heterocycles. The summed E-state index contributed by atoms with van der Waals surface area (Å²) in [5.41, 5.74) is 2.83. The van der Waals surface area contributed by atoms with Crippen molar-refractivity contribution in [3.8, 4) is 0 Å². The van der Waals surface area contributed by atoms with Crippen LogP contribution in [0.1, 0.15) is 29.9 Å². The monoisotopic (exact) mass is 174 g/mol. The van der Waals surface area contributed by atoms with Crippen LogP contribution < -0.4 is 0 Å². The van der Waals surface area contributed by atoms with Crippen molar-refractivity contribution in [2.45, 2.75) is 31.3 Å². The number of hydrogen-bond donors (Lipinski definition) is 1. The van der Waals surface area contributed by atoms with E-state index in [9.17, 15) is 5.11 Å². The first-order valence-electron chi connectivity index (χ1n) is 5.12. The van der Waals surface area contributed by atoms with Crippen molar-refractivity contribution < 1.29 is 5.11 Å². The molecule has 0 spiro atoms. The molecule has 1 fully saturated rings. The second kappa shape index (κ2) is 2.58. The van der Waals surface area contributed by atoms with E-state index in [1.165, 1.54) is 24.0 Å². The van der Waals surface area contributed by atoms with Gasteiger partial charge in [0.05, 0.1) is 6.10 Å². The van der Waals surface area contributed by atoms with Gasteiger partial charge in [0.15, 0.2) is 0 Å². The molecule has 1 N–H and O–H groups in total. The van der Waals surface area contributed by atoms with Crippen molar-refractivity contribution in [2.75, 3.05) is 0 Å². The Bertz CT molecular complexity index is 328. The van der Waals surface area contributed by atoms with E-state index in [1.807, 2.05) is 0 Å². The molecule has 1 aromatic carbocycles. The predicted octanol–water partition coefficient (Wildman–Crippen LogP) is 2.10. The van der Waals surface area contributed by atoms with E-state index in [0.717, 1.165) is 6.42 Å². The van der Waals surface area contributed by atoms with Crippen molar-refractivity contribution in [1.29, 1.82) is 0 Å². The molecular weight excluding hydrogens is 160 g/mol. The highest BCUT2D eigenvalue weighted by molar-refractivity contribution is 5.41. The van der Waals surface area contributed by atoms with E-state index < -0.39 is 0 Å². The molecule has 2 aliphatic rings. The number of fused-ring (bicyclic) bond motifs is 1. The number of aliphatic hydroxyl groups is 1. The fourth-order valence-electron chi connectivity index (χ4n) is 2.37. The molecule has 2 unspecified atom stereocenters. The molecule has 1 nitrogen and oxygen atoms in total. The normalized spacial score (nSPS) is 27.6. The van der Waals surface area contributed by atoms with Crippen LogP contribution in [-0.2, 0) is 6.42 Å². The molecule has 68 valence electrons. The zero-order valence-corrected chi connectivity index (χ0v) is 7.61. The van der Waals surface area contributed by atoms with E-state index in [4.69, 9.17) is 0 Å². The van der Waals surface area contributed by atoms with E-state index >= 15 is 0 Å². The van der Waals surface area contributed by atoms with Crippen LogP contribution in [0.15, 0.2) is 24.3 Å². The fourth-order valence-corrected chi connectivity index (χ4v) is 2.37. The predicted molar refractivity (Wildman–Crippen MR) is 51.6 cm³/mol. The zero-order valence-electron chi connectivity index (χ0n) is 7.61. The maximum absolute atomic E-state index is 9.96. The molecule has 2 aliphatic carbocycles. The SMILES string of the molecule is OC(C1CC1)C1Cc2ccccc21. The van der Waals surface area contributed by atoms with Gasteiger partial charge in [0, 0.05) is 5.92 Å². The van der Waals surface area contributed by atoms with Gasteiger partial charge < -0.3 is 5.11 Å². The summed E-state index contributed by atoms with van der Waals surface area (Å²) in [6.07, 6.45) is 3.50. The third-order valence-electron chi connectivity index (χ3n) is 3.41. The Morgan fingerprint density at radius 3 is 2.69 bits per heavy atom. The minimum Gasteiger partial charge on any atom is -0.392 e. The van der Waals surface area contributed by atoms with Gasteiger partial charge in [-0.05, 0) is 36.3 Å².